The first kappa shape index (κ1) is 24.0. The predicted octanol–water partition coefficient (Wildman–Crippen LogP) is 5.96. The maximum atomic E-state index is 11.7. The van der Waals surface area contributed by atoms with Crippen molar-refractivity contribution < 1.29 is 14.3 Å². The van der Waals surface area contributed by atoms with E-state index in [9.17, 15) is 4.79 Å². The van der Waals surface area contributed by atoms with Crippen LogP contribution in [0.1, 0.15) is 24.6 Å². The molecule has 9 nitrogen and oxygen atoms in total. The molecule has 0 radical (unpaired) electrons. The van der Waals surface area contributed by atoms with Crippen molar-refractivity contribution >= 4 is 40.3 Å². The molecule has 1 amide bonds. The average molecular weight is 521 g/mol. The number of amides is 1. The molecular formula is C25H24N6O3S2. The molecule has 184 valence electrons. The fourth-order valence-corrected chi connectivity index (χ4v) is 5.22. The minimum atomic E-state index is -0.288. The van der Waals surface area contributed by atoms with Gasteiger partial charge in [-0.05, 0) is 37.1 Å². The van der Waals surface area contributed by atoms with Crippen molar-refractivity contribution in [2.45, 2.75) is 28.7 Å². The molecule has 0 unspecified atom stereocenters. The summed E-state index contributed by atoms with van der Waals surface area (Å²) in [5.74, 6) is 2.80. The maximum Gasteiger partial charge on any atom is 0.409 e. The molecule has 1 saturated heterocycles. The quantitative estimate of drug-likeness (QED) is 0.316. The lowest BCUT2D eigenvalue weighted by molar-refractivity contribution is 0.112. The van der Waals surface area contributed by atoms with Gasteiger partial charge >= 0.3 is 6.09 Å². The minimum absolute atomic E-state index is 0.197. The second-order valence-electron chi connectivity index (χ2n) is 8.02. The molecule has 0 saturated carbocycles. The average Bonchev–Trinajstić information content (AvgIpc) is 3.39. The smallest absolute Gasteiger partial charge is 0.409 e. The SMILES string of the molecule is COC(=O)N1CCC(c2nsc(Nc3ncc(Sc4ccccn4)cc3Oc3ccccc3)n2)CC1. The van der Waals surface area contributed by atoms with Crippen molar-refractivity contribution in [2.24, 2.45) is 0 Å². The van der Waals surface area contributed by atoms with Gasteiger partial charge in [-0.3, -0.25) is 0 Å². The first-order valence-corrected chi connectivity index (χ1v) is 13.0. The van der Waals surface area contributed by atoms with E-state index in [0.29, 0.717) is 35.5 Å². The van der Waals surface area contributed by atoms with Crippen LogP contribution in [0.15, 0.2) is 76.9 Å². The number of piperidine rings is 1. The van der Waals surface area contributed by atoms with Gasteiger partial charge < -0.3 is 19.7 Å². The second-order valence-corrected chi connectivity index (χ2v) is 9.86. The first-order chi connectivity index (χ1) is 17.7. The van der Waals surface area contributed by atoms with Gasteiger partial charge in [-0.25, -0.2) is 19.7 Å². The number of hydrogen-bond donors (Lipinski definition) is 1. The Morgan fingerprint density at radius 3 is 2.67 bits per heavy atom. The van der Waals surface area contributed by atoms with E-state index in [0.717, 1.165) is 28.6 Å². The predicted molar refractivity (Wildman–Crippen MR) is 138 cm³/mol. The largest absolute Gasteiger partial charge is 0.453 e. The van der Waals surface area contributed by atoms with E-state index in [4.69, 9.17) is 14.5 Å². The van der Waals surface area contributed by atoms with E-state index >= 15 is 0 Å². The zero-order valence-corrected chi connectivity index (χ0v) is 21.2. The number of pyridine rings is 2. The molecule has 1 aliphatic heterocycles. The third-order valence-corrected chi connectivity index (χ3v) is 7.17. The number of rotatable bonds is 7. The Labute approximate surface area is 217 Å². The standard InChI is InChI=1S/C25H24N6O3S2/c1-33-25(32)31-13-10-17(11-14-31)22-28-24(36-30-22)29-23-20(34-18-7-3-2-4-8-18)15-19(16-27-23)35-21-9-5-6-12-26-21/h2-9,12,15-17H,10-11,13-14H2,1H3,(H,27,28,29,30). The Morgan fingerprint density at radius 2 is 1.92 bits per heavy atom. The highest BCUT2D eigenvalue weighted by atomic mass is 32.2. The Hall–Kier alpha value is -3.70. The summed E-state index contributed by atoms with van der Waals surface area (Å²) in [5.41, 5.74) is 0. The Kier molecular flexibility index (Phi) is 7.58. The summed E-state index contributed by atoms with van der Waals surface area (Å²) in [7, 11) is 1.40. The first-order valence-electron chi connectivity index (χ1n) is 11.4. The van der Waals surface area contributed by atoms with Crippen LogP contribution in [0.4, 0.5) is 15.7 Å². The monoisotopic (exact) mass is 520 g/mol. The Balaban J connectivity index is 1.32. The molecule has 1 N–H and O–H groups in total. The molecule has 0 atom stereocenters. The summed E-state index contributed by atoms with van der Waals surface area (Å²) in [6.45, 7) is 1.26. The lowest BCUT2D eigenvalue weighted by Crippen LogP contribution is -2.37. The van der Waals surface area contributed by atoms with Crippen LogP contribution >= 0.6 is 23.3 Å². The van der Waals surface area contributed by atoms with Crippen molar-refractivity contribution in [3.8, 4) is 11.5 Å². The van der Waals surface area contributed by atoms with Crippen molar-refractivity contribution in [2.75, 3.05) is 25.5 Å². The molecule has 5 rings (SSSR count). The van der Waals surface area contributed by atoms with Crippen molar-refractivity contribution in [1.82, 2.24) is 24.2 Å². The second kappa shape index (κ2) is 11.4. The van der Waals surface area contributed by atoms with E-state index in [1.807, 2.05) is 54.6 Å². The number of para-hydroxylation sites is 1. The molecule has 4 aromatic rings. The number of anilines is 2. The molecule has 0 spiro atoms. The van der Waals surface area contributed by atoms with E-state index in [2.05, 4.69) is 19.7 Å². The molecule has 1 fully saturated rings. The van der Waals surface area contributed by atoms with Gasteiger partial charge in [0.15, 0.2) is 11.6 Å². The number of nitrogens with one attached hydrogen (secondary N) is 1. The number of carbonyl (C=O) groups excluding carboxylic acids is 1. The number of benzene rings is 1. The maximum absolute atomic E-state index is 11.7. The highest BCUT2D eigenvalue weighted by molar-refractivity contribution is 7.99. The van der Waals surface area contributed by atoms with Crippen molar-refractivity contribution in [1.29, 1.82) is 0 Å². The van der Waals surface area contributed by atoms with Gasteiger partial charge in [0.05, 0.1) is 7.11 Å². The summed E-state index contributed by atoms with van der Waals surface area (Å²) >= 11 is 2.79. The van der Waals surface area contributed by atoms with E-state index in [1.165, 1.54) is 30.4 Å². The van der Waals surface area contributed by atoms with Crippen molar-refractivity contribution in [3.63, 3.8) is 0 Å². The zero-order valence-electron chi connectivity index (χ0n) is 19.5. The van der Waals surface area contributed by atoms with Gasteiger partial charge in [-0.15, -0.1) is 0 Å². The summed E-state index contributed by atoms with van der Waals surface area (Å²) in [6.07, 6.45) is 4.85. The molecule has 3 aromatic heterocycles. The van der Waals surface area contributed by atoms with Crippen LogP contribution in [0, 0.1) is 0 Å². The van der Waals surface area contributed by atoms with Crippen LogP contribution in [0.5, 0.6) is 11.5 Å². The van der Waals surface area contributed by atoms with Gasteiger partial charge in [-0.1, -0.05) is 36.0 Å². The number of likely N-dealkylation sites (tertiary alicyclic amines) is 1. The van der Waals surface area contributed by atoms with Crippen molar-refractivity contribution in [3.05, 3.63) is 72.8 Å². The van der Waals surface area contributed by atoms with Gasteiger partial charge in [-0.2, -0.15) is 4.37 Å². The fraction of sp³-hybridized carbons (Fsp3) is 0.240. The zero-order chi connectivity index (χ0) is 24.7. The molecule has 0 aliphatic carbocycles. The lowest BCUT2D eigenvalue weighted by atomic mass is 9.96. The van der Waals surface area contributed by atoms with Crippen LogP contribution in [0.25, 0.3) is 0 Å². The van der Waals surface area contributed by atoms with Gasteiger partial charge in [0.2, 0.25) is 5.13 Å². The lowest BCUT2D eigenvalue weighted by Gasteiger charge is -2.29. The highest BCUT2D eigenvalue weighted by Crippen LogP contribution is 2.36. The molecule has 11 heteroatoms. The highest BCUT2D eigenvalue weighted by Gasteiger charge is 2.27. The number of nitrogens with zero attached hydrogens (tertiary/aromatic N) is 5. The molecule has 1 aromatic carbocycles. The van der Waals surface area contributed by atoms with Gasteiger partial charge in [0, 0.05) is 53.9 Å². The number of hydrogen-bond acceptors (Lipinski definition) is 10. The molecule has 1 aliphatic rings. The molecule has 4 heterocycles. The summed E-state index contributed by atoms with van der Waals surface area (Å²) in [6, 6.07) is 17.3. The number of ether oxygens (including phenoxy) is 2. The van der Waals surface area contributed by atoms with E-state index in [-0.39, 0.29) is 12.0 Å². The topological polar surface area (TPSA) is 102 Å². The Morgan fingerprint density at radius 1 is 1.11 bits per heavy atom. The Bertz CT molecular complexity index is 1300. The third-order valence-electron chi connectivity index (χ3n) is 5.62. The molecular weight excluding hydrogens is 496 g/mol. The summed E-state index contributed by atoms with van der Waals surface area (Å²) < 4.78 is 15.6. The number of carbonyl (C=O) groups is 1. The number of aromatic nitrogens is 4. The van der Waals surface area contributed by atoms with E-state index in [1.54, 1.807) is 17.3 Å². The summed E-state index contributed by atoms with van der Waals surface area (Å²) in [5, 5.41) is 4.79. The van der Waals surface area contributed by atoms with Gasteiger partial charge in [0.25, 0.3) is 0 Å². The van der Waals surface area contributed by atoms with E-state index < -0.39 is 0 Å². The van der Waals surface area contributed by atoms with Crippen LogP contribution in [-0.4, -0.2) is 50.5 Å². The third kappa shape index (κ3) is 5.92. The molecule has 36 heavy (non-hydrogen) atoms. The number of methoxy groups -OCH3 is 1. The minimum Gasteiger partial charge on any atom is -0.453 e. The fourth-order valence-electron chi connectivity index (χ4n) is 3.80. The van der Waals surface area contributed by atoms with Crippen LogP contribution < -0.4 is 10.1 Å². The van der Waals surface area contributed by atoms with Crippen LogP contribution in [0.3, 0.4) is 0 Å². The molecule has 0 bridgehead atoms. The normalized spacial score (nSPS) is 13.9. The van der Waals surface area contributed by atoms with Crippen LogP contribution in [-0.2, 0) is 4.74 Å². The van der Waals surface area contributed by atoms with Crippen LogP contribution in [0.2, 0.25) is 0 Å². The summed E-state index contributed by atoms with van der Waals surface area (Å²) in [4.78, 5) is 28.1. The van der Waals surface area contributed by atoms with Gasteiger partial charge in [0.1, 0.15) is 16.6 Å².